The molecule has 0 spiro atoms. The Bertz CT molecular complexity index is 3170. The third kappa shape index (κ3) is 6.11. The summed E-state index contributed by atoms with van der Waals surface area (Å²) in [6.45, 7) is 0. The highest BCUT2D eigenvalue weighted by molar-refractivity contribution is 7.26. The molecule has 9 aromatic carbocycles. The number of hydrogen-bond donors (Lipinski definition) is 0. The Balaban J connectivity index is 1.05. The maximum Gasteiger partial charge on any atom is 0.0560 e. The first-order valence-electron chi connectivity index (χ1n) is 19.6. The number of nitrogens with zero attached hydrogens (tertiary/aromatic N) is 2. The van der Waals surface area contributed by atoms with Crippen LogP contribution >= 0.6 is 22.7 Å². The van der Waals surface area contributed by atoms with E-state index in [9.17, 15) is 0 Å². The van der Waals surface area contributed by atoms with E-state index in [4.69, 9.17) is 0 Å². The molecule has 58 heavy (non-hydrogen) atoms. The van der Waals surface area contributed by atoms with Crippen molar-refractivity contribution in [3.05, 3.63) is 218 Å². The highest BCUT2D eigenvalue weighted by Crippen LogP contribution is 2.48. The van der Waals surface area contributed by atoms with E-state index in [0.29, 0.717) is 0 Å². The zero-order valence-corrected chi connectivity index (χ0v) is 33.1. The van der Waals surface area contributed by atoms with Gasteiger partial charge < -0.3 is 9.80 Å². The third-order valence-electron chi connectivity index (χ3n) is 11.0. The summed E-state index contributed by atoms with van der Waals surface area (Å²) in [5.74, 6) is 0. The fourth-order valence-electron chi connectivity index (χ4n) is 8.29. The minimum Gasteiger partial charge on any atom is -0.310 e. The van der Waals surface area contributed by atoms with Crippen LogP contribution < -0.4 is 9.80 Å². The number of thiophene rings is 2. The van der Waals surface area contributed by atoms with E-state index in [1.165, 1.54) is 68.3 Å². The lowest BCUT2D eigenvalue weighted by Gasteiger charge is -2.27. The Kier molecular flexibility index (Phi) is 8.58. The van der Waals surface area contributed by atoms with Gasteiger partial charge in [-0.25, -0.2) is 0 Å². The van der Waals surface area contributed by atoms with E-state index in [-0.39, 0.29) is 0 Å². The predicted molar refractivity (Wildman–Crippen MR) is 252 cm³/mol. The minimum absolute atomic E-state index is 1.11. The van der Waals surface area contributed by atoms with E-state index in [0.717, 1.165) is 28.4 Å². The van der Waals surface area contributed by atoms with Gasteiger partial charge in [0.05, 0.1) is 5.69 Å². The Morgan fingerprint density at radius 3 is 1.34 bits per heavy atom. The lowest BCUT2D eigenvalue weighted by atomic mass is 10.00. The summed E-state index contributed by atoms with van der Waals surface area (Å²) in [6, 6.07) is 79.3. The Morgan fingerprint density at radius 1 is 0.259 bits per heavy atom. The fourth-order valence-corrected chi connectivity index (χ4v) is 10.6. The molecule has 0 aliphatic carbocycles. The van der Waals surface area contributed by atoms with Gasteiger partial charge in [0.15, 0.2) is 0 Å². The molecule has 2 heterocycles. The van der Waals surface area contributed by atoms with Crippen molar-refractivity contribution in [3.8, 4) is 22.3 Å². The van der Waals surface area contributed by atoms with Crippen LogP contribution in [0.1, 0.15) is 0 Å². The number of benzene rings is 9. The highest BCUT2D eigenvalue weighted by Gasteiger charge is 2.21. The van der Waals surface area contributed by atoms with Crippen molar-refractivity contribution >= 4 is 97.1 Å². The molecule has 2 nitrogen and oxygen atoms in total. The van der Waals surface area contributed by atoms with E-state index in [1.807, 2.05) is 22.7 Å². The summed E-state index contributed by atoms with van der Waals surface area (Å²) in [5.41, 5.74) is 11.5. The molecule has 0 saturated carbocycles. The molecule has 0 amide bonds. The molecule has 0 saturated heterocycles. The van der Waals surface area contributed by atoms with Gasteiger partial charge in [-0.3, -0.25) is 0 Å². The van der Waals surface area contributed by atoms with Crippen LogP contribution in [0.5, 0.6) is 0 Å². The molecule has 0 atom stereocenters. The zero-order valence-electron chi connectivity index (χ0n) is 31.5. The first-order chi connectivity index (χ1) is 28.7. The van der Waals surface area contributed by atoms with Crippen LogP contribution in [-0.4, -0.2) is 0 Å². The second-order valence-electron chi connectivity index (χ2n) is 14.5. The van der Waals surface area contributed by atoms with Gasteiger partial charge in [-0.15, -0.1) is 22.7 Å². The van der Waals surface area contributed by atoms with Crippen molar-refractivity contribution in [1.29, 1.82) is 0 Å². The molecule has 0 fully saturated rings. The molecule has 274 valence electrons. The Morgan fingerprint density at radius 2 is 0.707 bits per heavy atom. The number of para-hydroxylation sites is 2. The summed E-state index contributed by atoms with van der Waals surface area (Å²) >= 11 is 3.72. The van der Waals surface area contributed by atoms with Gasteiger partial charge >= 0.3 is 0 Å². The largest absolute Gasteiger partial charge is 0.310 e. The van der Waals surface area contributed by atoms with Gasteiger partial charge in [-0.2, -0.15) is 0 Å². The van der Waals surface area contributed by atoms with Crippen molar-refractivity contribution in [2.24, 2.45) is 0 Å². The fraction of sp³-hybridized carbons (Fsp3) is 0. The topological polar surface area (TPSA) is 6.48 Å². The number of rotatable bonds is 8. The lowest BCUT2D eigenvalue weighted by molar-refractivity contribution is 1.29. The van der Waals surface area contributed by atoms with Crippen molar-refractivity contribution in [3.63, 3.8) is 0 Å². The van der Waals surface area contributed by atoms with Gasteiger partial charge in [0.2, 0.25) is 0 Å². The van der Waals surface area contributed by atoms with Crippen molar-refractivity contribution in [2.45, 2.75) is 0 Å². The quantitative estimate of drug-likeness (QED) is 0.152. The highest BCUT2D eigenvalue weighted by atomic mass is 32.1. The standard InChI is InChI=1S/C54H36N2S2/c1-4-14-37(15-5-1)38-24-28-43(29-25-38)55(45-32-33-47-46-20-10-12-22-50(46)57-52(47)36-45)44-30-26-39(27-31-44)40-34-49(54-48-21-11-13-23-51(48)58-53(54)35-40)56(41-16-6-2-7-17-41)42-18-8-3-9-19-42/h1-36H. The molecule has 0 aliphatic heterocycles. The number of anilines is 6. The second kappa shape index (κ2) is 14.5. The smallest absolute Gasteiger partial charge is 0.0560 e. The Hall–Kier alpha value is -6.98. The van der Waals surface area contributed by atoms with E-state index in [2.05, 4.69) is 228 Å². The molecule has 0 radical (unpaired) electrons. The van der Waals surface area contributed by atoms with E-state index < -0.39 is 0 Å². The molecular formula is C54H36N2S2. The molecule has 11 rings (SSSR count). The molecule has 0 aliphatic rings. The molecule has 0 unspecified atom stereocenters. The number of fused-ring (bicyclic) bond motifs is 6. The molecule has 0 N–H and O–H groups in total. The lowest BCUT2D eigenvalue weighted by Crippen LogP contribution is -2.10. The summed E-state index contributed by atoms with van der Waals surface area (Å²) in [6.07, 6.45) is 0. The van der Waals surface area contributed by atoms with E-state index >= 15 is 0 Å². The minimum atomic E-state index is 1.11. The van der Waals surface area contributed by atoms with Crippen LogP contribution in [0, 0.1) is 0 Å². The van der Waals surface area contributed by atoms with Crippen LogP contribution in [0.15, 0.2) is 218 Å². The van der Waals surface area contributed by atoms with Gasteiger partial charge in [0.25, 0.3) is 0 Å². The molecule has 2 aromatic heterocycles. The van der Waals surface area contributed by atoms with Crippen LogP contribution in [-0.2, 0) is 0 Å². The Labute approximate surface area is 345 Å². The second-order valence-corrected chi connectivity index (χ2v) is 16.7. The van der Waals surface area contributed by atoms with Crippen molar-refractivity contribution in [2.75, 3.05) is 9.80 Å². The average molecular weight is 777 g/mol. The third-order valence-corrected chi connectivity index (χ3v) is 13.3. The van der Waals surface area contributed by atoms with Gasteiger partial charge in [0, 0.05) is 68.8 Å². The summed E-state index contributed by atoms with van der Waals surface area (Å²) < 4.78 is 5.15. The summed E-state index contributed by atoms with van der Waals surface area (Å²) in [4.78, 5) is 4.79. The molecule has 0 bridgehead atoms. The summed E-state index contributed by atoms with van der Waals surface area (Å²) in [7, 11) is 0. The first kappa shape index (κ1) is 34.3. The summed E-state index contributed by atoms with van der Waals surface area (Å²) in [5, 5.41) is 5.16. The number of hydrogen-bond acceptors (Lipinski definition) is 4. The average Bonchev–Trinajstić information content (AvgIpc) is 3.86. The van der Waals surface area contributed by atoms with Crippen LogP contribution in [0.4, 0.5) is 34.1 Å². The SMILES string of the molecule is c1ccc(-c2ccc(N(c3ccc(-c4cc(N(c5ccccc5)c5ccccc5)c5c(c4)sc4ccccc45)cc3)c3ccc4c(c3)sc3ccccc34)cc2)cc1. The van der Waals surface area contributed by atoms with Crippen LogP contribution in [0.2, 0.25) is 0 Å². The van der Waals surface area contributed by atoms with Crippen molar-refractivity contribution in [1.82, 2.24) is 0 Å². The monoisotopic (exact) mass is 776 g/mol. The normalized spacial score (nSPS) is 11.4. The zero-order chi connectivity index (χ0) is 38.4. The molecule has 11 aromatic rings. The maximum absolute atomic E-state index is 2.41. The maximum atomic E-state index is 2.41. The molecular weight excluding hydrogens is 741 g/mol. The first-order valence-corrected chi connectivity index (χ1v) is 21.2. The predicted octanol–water partition coefficient (Wildman–Crippen LogP) is 16.7. The van der Waals surface area contributed by atoms with Gasteiger partial charge in [0.1, 0.15) is 0 Å². The van der Waals surface area contributed by atoms with E-state index in [1.54, 1.807) is 0 Å². The van der Waals surface area contributed by atoms with Crippen molar-refractivity contribution < 1.29 is 0 Å². The van der Waals surface area contributed by atoms with Crippen LogP contribution in [0.3, 0.4) is 0 Å². The van der Waals surface area contributed by atoms with Gasteiger partial charge in [-0.05, 0) is 107 Å². The van der Waals surface area contributed by atoms with Crippen LogP contribution in [0.25, 0.3) is 62.6 Å². The van der Waals surface area contributed by atoms with Gasteiger partial charge in [-0.1, -0.05) is 133 Å². The molecule has 4 heteroatoms.